The molecule has 4 amide bonds. The van der Waals surface area contributed by atoms with Gasteiger partial charge in [0.25, 0.3) is 0 Å². The van der Waals surface area contributed by atoms with E-state index >= 15 is 4.39 Å². The molecule has 3 aromatic carbocycles. The molecule has 4 aliphatic heterocycles. The lowest BCUT2D eigenvalue weighted by Gasteiger charge is -2.47. The Balaban J connectivity index is 0.837. The van der Waals surface area contributed by atoms with Crippen molar-refractivity contribution in [2.75, 3.05) is 30.3 Å². The van der Waals surface area contributed by atoms with Gasteiger partial charge >= 0.3 is 0 Å². The number of rotatable bonds is 8. The predicted molar refractivity (Wildman–Crippen MR) is 227 cm³/mol. The summed E-state index contributed by atoms with van der Waals surface area (Å²) in [6.45, 7) is 3.13. The molecule has 1 unspecified atom stereocenters. The van der Waals surface area contributed by atoms with Gasteiger partial charge in [-0.2, -0.15) is 0 Å². The molecule has 0 aromatic heterocycles. The maximum atomic E-state index is 16.3. The van der Waals surface area contributed by atoms with Crippen LogP contribution in [0.2, 0.25) is 10.0 Å². The average Bonchev–Trinajstić information content (AvgIpc) is 3.69. The van der Waals surface area contributed by atoms with E-state index in [1.54, 1.807) is 24.3 Å². The van der Waals surface area contributed by atoms with Crippen LogP contribution >= 0.6 is 23.2 Å². The zero-order chi connectivity index (χ0) is 40.9. The Morgan fingerprint density at radius 2 is 1.61 bits per heavy atom. The molecule has 3 saturated heterocycles. The number of carbonyl (C=O) groups excluding carboxylic acids is 4. The van der Waals surface area contributed by atoms with E-state index in [1.165, 1.54) is 11.6 Å². The molecule has 5 N–H and O–H groups in total. The lowest BCUT2D eigenvalue weighted by molar-refractivity contribution is -0.133. The highest BCUT2D eigenvalue weighted by atomic mass is 35.5. The Morgan fingerprint density at radius 1 is 0.864 bits per heavy atom. The van der Waals surface area contributed by atoms with Crippen molar-refractivity contribution in [2.45, 2.75) is 124 Å². The molecule has 4 atom stereocenters. The molecule has 5 fully saturated rings. The van der Waals surface area contributed by atoms with Gasteiger partial charge < -0.3 is 20.9 Å². The fraction of sp³-hybridized carbons (Fsp3) is 0.522. The minimum atomic E-state index is -1.25. The van der Waals surface area contributed by atoms with E-state index in [2.05, 4.69) is 43.6 Å². The Morgan fingerprint density at radius 3 is 2.34 bits per heavy atom. The van der Waals surface area contributed by atoms with E-state index in [0.29, 0.717) is 48.2 Å². The van der Waals surface area contributed by atoms with Gasteiger partial charge in [0.15, 0.2) is 0 Å². The van der Waals surface area contributed by atoms with Gasteiger partial charge in [-0.15, -0.1) is 0 Å². The molecule has 0 bridgehead atoms. The van der Waals surface area contributed by atoms with Crippen LogP contribution in [0.1, 0.15) is 112 Å². The number of amides is 4. The van der Waals surface area contributed by atoms with E-state index < -0.39 is 34.8 Å². The van der Waals surface area contributed by atoms with Gasteiger partial charge in [0.1, 0.15) is 17.3 Å². The van der Waals surface area contributed by atoms with Crippen LogP contribution < -0.4 is 26.6 Å². The van der Waals surface area contributed by atoms with Gasteiger partial charge in [-0.05, 0) is 130 Å². The summed E-state index contributed by atoms with van der Waals surface area (Å²) in [4.78, 5) is 55.6. The molecule has 2 spiro atoms. The maximum absolute atomic E-state index is 16.3. The lowest BCUT2D eigenvalue weighted by Crippen LogP contribution is -2.60. The van der Waals surface area contributed by atoms with Crippen molar-refractivity contribution < 1.29 is 23.6 Å². The number of carbonyl (C=O) groups is 4. The van der Waals surface area contributed by atoms with Gasteiger partial charge in [0.2, 0.25) is 23.6 Å². The Labute approximate surface area is 355 Å². The number of likely N-dealkylation sites (tertiary alicyclic amines) is 1. The van der Waals surface area contributed by atoms with Crippen molar-refractivity contribution in [1.82, 2.24) is 20.9 Å². The highest BCUT2D eigenvalue weighted by Crippen LogP contribution is 2.63. The van der Waals surface area contributed by atoms with E-state index in [-0.39, 0.29) is 40.3 Å². The number of hydrogen-bond acceptors (Lipinski definition) is 7. The van der Waals surface area contributed by atoms with Crippen LogP contribution in [-0.4, -0.2) is 71.8 Å². The largest absolute Gasteiger partial charge is 0.374 e. The zero-order valence-electron chi connectivity index (χ0n) is 33.3. The summed E-state index contributed by atoms with van der Waals surface area (Å²) in [5, 5.41) is 16.4. The number of nitrogens with one attached hydrogen (secondary N) is 5. The number of anilines is 2. The molecule has 312 valence electrons. The van der Waals surface area contributed by atoms with Crippen LogP contribution in [0.3, 0.4) is 0 Å². The summed E-state index contributed by atoms with van der Waals surface area (Å²) in [6.07, 6.45) is 11.0. The van der Waals surface area contributed by atoms with Gasteiger partial charge in [0, 0.05) is 46.9 Å². The molecule has 0 radical (unpaired) electrons. The van der Waals surface area contributed by atoms with Crippen LogP contribution in [0.15, 0.2) is 60.7 Å². The SMILES string of the molecule is O=C1CCC(Nc2ccc(C3CCN(CC4CCC(NC(=O)[C@@H]5NC6(CCCCC6)[C@@]6(C(=O)Nc7cc(Cl)ccc76)[C@H]5c5cccc(Cl)c5F)CC4)CC3)cc2)C(=O)N1. The van der Waals surface area contributed by atoms with Crippen molar-refractivity contribution in [1.29, 1.82) is 0 Å². The summed E-state index contributed by atoms with van der Waals surface area (Å²) in [6, 6.07) is 17.5. The highest BCUT2D eigenvalue weighted by molar-refractivity contribution is 6.31. The molecule has 10 nitrogen and oxygen atoms in total. The third kappa shape index (κ3) is 7.44. The molecule has 2 aliphatic carbocycles. The number of fused-ring (bicyclic) bond motifs is 3. The van der Waals surface area contributed by atoms with Crippen LogP contribution in [0.4, 0.5) is 15.8 Å². The number of benzene rings is 3. The van der Waals surface area contributed by atoms with Gasteiger partial charge in [-0.3, -0.25) is 29.8 Å². The van der Waals surface area contributed by atoms with Crippen LogP contribution in [0.5, 0.6) is 0 Å². The predicted octanol–water partition coefficient (Wildman–Crippen LogP) is 7.55. The smallest absolute Gasteiger partial charge is 0.249 e. The van der Waals surface area contributed by atoms with Crippen molar-refractivity contribution in [2.24, 2.45) is 5.92 Å². The maximum Gasteiger partial charge on any atom is 0.249 e. The van der Waals surface area contributed by atoms with E-state index in [0.717, 1.165) is 88.7 Å². The molecule has 4 heterocycles. The van der Waals surface area contributed by atoms with Crippen molar-refractivity contribution >= 4 is 58.2 Å². The molecule has 13 heteroatoms. The second kappa shape index (κ2) is 16.4. The summed E-state index contributed by atoms with van der Waals surface area (Å²) in [5.74, 6) is -1.30. The Hall–Kier alpha value is -4.03. The van der Waals surface area contributed by atoms with E-state index in [9.17, 15) is 19.2 Å². The fourth-order valence-corrected chi connectivity index (χ4v) is 12.1. The quantitative estimate of drug-likeness (QED) is 0.148. The summed E-state index contributed by atoms with van der Waals surface area (Å²) in [5.41, 5.74) is 1.83. The topological polar surface area (TPSA) is 132 Å². The first-order valence-electron chi connectivity index (χ1n) is 21.6. The molecular weight excluding hydrogens is 790 g/mol. The molecule has 3 aromatic rings. The lowest BCUT2D eigenvalue weighted by atomic mass is 9.55. The third-order valence-corrected chi connectivity index (χ3v) is 15.1. The summed E-state index contributed by atoms with van der Waals surface area (Å²) >= 11 is 12.9. The Kier molecular flexibility index (Phi) is 11.3. The fourth-order valence-electron chi connectivity index (χ4n) is 11.7. The van der Waals surface area contributed by atoms with Gasteiger partial charge in [-0.25, -0.2) is 4.39 Å². The minimum absolute atomic E-state index is 0.00838. The first-order valence-corrected chi connectivity index (χ1v) is 22.4. The Bertz CT molecular complexity index is 2110. The third-order valence-electron chi connectivity index (χ3n) is 14.6. The van der Waals surface area contributed by atoms with E-state index in [4.69, 9.17) is 23.2 Å². The molecule has 9 rings (SSSR count). The zero-order valence-corrected chi connectivity index (χ0v) is 34.8. The number of imide groups is 1. The van der Waals surface area contributed by atoms with Crippen molar-refractivity contribution in [3.05, 3.63) is 93.2 Å². The summed E-state index contributed by atoms with van der Waals surface area (Å²) in [7, 11) is 0. The number of nitrogens with zero attached hydrogens (tertiary/aromatic N) is 1. The van der Waals surface area contributed by atoms with Gasteiger partial charge in [-0.1, -0.05) is 72.8 Å². The first kappa shape index (κ1) is 40.4. The second-order valence-electron chi connectivity index (χ2n) is 17.9. The number of halogens is 3. The molecule has 59 heavy (non-hydrogen) atoms. The molecule has 6 aliphatic rings. The van der Waals surface area contributed by atoms with Crippen LogP contribution in [0.25, 0.3) is 0 Å². The van der Waals surface area contributed by atoms with Crippen molar-refractivity contribution in [3.63, 3.8) is 0 Å². The highest BCUT2D eigenvalue weighted by Gasteiger charge is 2.72. The summed E-state index contributed by atoms with van der Waals surface area (Å²) < 4.78 is 16.3. The van der Waals surface area contributed by atoms with Crippen LogP contribution in [-0.2, 0) is 24.6 Å². The molecule has 2 saturated carbocycles. The average molecular weight is 844 g/mol. The monoisotopic (exact) mass is 842 g/mol. The minimum Gasteiger partial charge on any atom is -0.374 e. The number of hydrogen-bond donors (Lipinski definition) is 5. The van der Waals surface area contributed by atoms with Gasteiger partial charge in [0.05, 0.1) is 11.1 Å². The van der Waals surface area contributed by atoms with Crippen molar-refractivity contribution in [3.8, 4) is 0 Å². The van der Waals surface area contributed by atoms with Crippen LogP contribution in [0, 0.1) is 11.7 Å². The standard InChI is InChI=1S/C46H53Cl2FN6O4/c47-30-11-16-34-37(25-30)52-44(59)46(34)39(33-5-4-6-35(48)40(33)49)41(54-45(46)21-2-1-3-22-45)43(58)51-32-12-7-27(8-13-32)26-55-23-19-29(20-24-55)28-9-14-31(15-10-28)50-36-17-18-38(56)53-42(36)57/h4-6,9-11,14-16,25,27,29,32,36,39,41,50,54H,1-3,7-8,12-13,17-24,26H2,(H,51,58)(H,52,59)(H,53,56,57)/t27?,32?,36?,39-,41+,46+/m0/s1. The molecular formula is C46H53Cl2FN6O4. The number of piperidine rings is 2. The van der Waals surface area contributed by atoms with E-state index in [1.807, 2.05) is 18.2 Å². The second-order valence-corrected chi connectivity index (χ2v) is 18.8. The first-order chi connectivity index (χ1) is 28.5. The normalized spacial score (nSPS) is 29.6.